The van der Waals surface area contributed by atoms with Gasteiger partial charge in [-0.1, -0.05) is 39.5 Å². The van der Waals surface area contributed by atoms with E-state index in [1.165, 1.54) is 23.2 Å². The number of benzene rings is 1. The van der Waals surface area contributed by atoms with E-state index in [1.54, 1.807) is 12.1 Å². The standard InChI is InChI=1S/C22H32N3O16P3/c1-13-23-21(27)14(11-37-20(22(2,3)4)15-7-5-6-8-16(15)25(28)29)10-24(13)19-9-17(26)18(39-19)12-38-43(33,34)41-44(35,36)40-42(30,31)32/h5-8,10,17-20,26H,1,9,11-12H2,2-4H3,(H,23,27)(H,33,34)(H,35,36)(H2,30,31,32)/t17?,18-,19-,20?/m1/s1. The van der Waals surface area contributed by atoms with Gasteiger partial charge in [0.1, 0.15) is 18.2 Å². The summed E-state index contributed by atoms with van der Waals surface area (Å²) in [6.45, 7) is 7.99. The van der Waals surface area contributed by atoms with E-state index >= 15 is 0 Å². The Morgan fingerprint density at radius 1 is 1.16 bits per heavy atom. The minimum Gasteiger partial charge on any atom is -0.390 e. The zero-order chi connectivity index (χ0) is 33.3. The van der Waals surface area contributed by atoms with Crippen LogP contribution in [0.1, 0.15) is 38.9 Å². The van der Waals surface area contributed by atoms with Crippen LogP contribution in [0.5, 0.6) is 0 Å². The Morgan fingerprint density at radius 2 is 1.80 bits per heavy atom. The van der Waals surface area contributed by atoms with E-state index in [4.69, 9.17) is 19.3 Å². The minimum atomic E-state index is -5.74. The molecule has 0 aliphatic carbocycles. The zero-order valence-electron chi connectivity index (χ0n) is 23.5. The first-order chi connectivity index (χ1) is 20.1. The van der Waals surface area contributed by atoms with Gasteiger partial charge in [0.15, 0.2) is 0 Å². The van der Waals surface area contributed by atoms with Crippen LogP contribution in [-0.2, 0) is 41.1 Å². The Balaban J connectivity index is 1.71. The van der Waals surface area contributed by atoms with Crippen molar-refractivity contribution < 1.29 is 70.7 Å². The summed E-state index contributed by atoms with van der Waals surface area (Å²) < 4.78 is 57.9. The number of carbonyl (C=O) groups is 1. The summed E-state index contributed by atoms with van der Waals surface area (Å²) in [6.07, 6.45) is -3.30. The van der Waals surface area contributed by atoms with Crippen molar-refractivity contribution in [3.05, 3.63) is 64.1 Å². The fourth-order valence-corrected chi connectivity index (χ4v) is 7.33. The molecule has 22 heteroatoms. The summed E-state index contributed by atoms with van der Waals surface area (Å²) in [6, 6.07) is 6.06. The number of amides is 1. The van der Waals surface area contributed by atoms with E-state index in [-0.39, 0.29) is 30.1 Å². The maximum atomic E-state index is 12.7. The number of nitrogens with one attached hydrogen (secondary N) is 1. The predicted molar refractivity (Wildman–Crippen MR) is 148 cm³/mol. The van der Waals surface area contributed by atoms with Gasteiger partial charge in [-0.3, -0.25) is 19.4 Å². The maximum Gasteiger partial charge on any atom is 0.490 e. The molecular weight excluding hydrogens is 655 g/mol. The molecule has 44 heavy (non-hydrogen) atoms. The van der Waals surface area contributed by atoms with Crippen molar-refractivity contribution >= 4 is 35.1 Å². The van der Waals surface area contributed by atoms with Crippen molar-refractivity contribution in [2.24, 2.45) is 5.41 Å². The highest BCUT2D eigenvalue weighted by Crippen LogP contribution is 2.66. The molecule has 1 fully saturated rings. The minimum absolute atomic E-state index is 0.0376. The van der Waals surface area contributed by atoms with E-state index in [0.29, 0.717) is 5.56 Å². The summed E-state index contributed by atoms with van der Waals surface area (Å²) in [7, 11) is -16.8. The first-order valence-electron chi connectivity index (χ1n) is 12.5. The van der Waals surface area contributed by atoms with Gasteiger partial charge in [0.05, 0.1) is 41.5 Å². The van der Waals surface area contributed by atoms with Gasteiger partial charge in [0.2, 0.25) is 0 Å². The lowest BCUT2D eigenvalue weighted by Crippen LogP contribution is -2.44. The van der Waals surface area contributed by atoms with Crippen LogP contribution in [0.15, 0.2) is 48.4 Å². The molecule has 2 heterocycles. The summed E-state index contributed by atoms with van der Waals surface area (Å²) in [5, 5.41) is 24.6. The Morgan fingerprint density at radius 3 is 2.39 bits per heavy atom. The van der Waals surface area contributed by atoms with Gasteiger partial charge >= 0.3 is 23.5 Å². The van der Waals surface area contributed by atoms with Crippen molar-refractivity contribution in [2.75, 3.05) is 13.2 Å². The summed E-state index contributed by atoms with van der Waals surface area (Å²) in [5.41, 5.74) is -0.404. The van der Waals surface area contributed by atoms with Crippen LogP contribution in [0, 0.1) is 15.5 Å². The molecule has 0 radical (unpaired) electrons. The number of nitro groups is 1. The van der Waals surface area contributed by atoms with Crippen molar-refractivity contribution in [3.63, 3.8) is 0 Å². The highest BCUT2D eigenvalue weighted by Gasteiger charge is 2.44. The number of aliphatic hydroxyl groups is 1. The molecule has 1 aromatic carbocycles. The summed E-state index contributed by atoms with van der Waals surface area (Å²) in [5.74, 6) is -0.542. The third kappa shape index (κ3) is 9.83. The number of hydrogen-bond acceptors (Lipinski definition) is 13. The summed E-state index contributed by atoms with van der Waals surface area (Å²) in [4.78, 5) is 61.4. The summed E-state index contributed by atoms with van der Waals surface area (Å²) >= 11 is 0. The number of nitro benzene ring substituents is 1. The lowest BCUT2D eigenvalue weighted by molar-refractivity contribution is -0.386. The van der Waals surface area contributed by atoms with Crippen LogP contribution in [0.4, 0.5) is 5.69 Å². The van der Waals surface area contributed by atoms with E-state index < -0.39 is 70.9 Å². The van der Waals surface area contributed by atoms with Crippen molar-refractivity contribution in [1.29, 1.82) is 0 Å². The van der Waals surface area contributed by atoms with E-state index in [2.05, 4.69) is 25.0 Å². The van der Waals surface area contributed by atoms with Crippen LogP contribution < -0.4 is 5.32 Å². The van der Waals surface area contributed by atoms with Gasteiger partial charge < -0.3 is 44.4 Å². The van der Waals surface area contributed by atoms with Crippen LogP contribution in [0.2, 0.25) is 0 Å². The second kappa shape index (κ2) is 13.6. The zero-order valence-corrected chi connectivity index (χ0v) is 26.2. The third-order valence-electron chi connectivity index (χ3n) is 6.10. The molecule has 0 aromatic heterocycles. The van der Waals surface area contributed by atoms with Crippen LogP contribution in [-0.4, -0.2) is 72.1 Å². The highest BCUT2D eigenvalue weighted by molar-refractivity contribution is 7.66. The first kappa shape index (κ1) is 36.1. The molecule has 3 rings (SSSR count). The fourth-order valence-electron chi connectivity index (χ4n) is 4.30. The Hall–Kier alpha value is -2.34. The van der Waals surface area contributed by atoms with Gasteiger partial charge in [0, 0.05) is 18.7 Å². The van der Waals surface area contributed by atoms with Gasteiger partial charge in [-0.15, -0.1) is 0 Å². The van der Waals surface area contributed by atoms with Crippen LogP contribution in [0.3, 0.4) is 0 Å². The third-order valence-corrected chi connectivity index (χ3v) is 9.90. The fraction of sp³-hybridized carbons (Fsp3) is 0.500. The lowest BCUT2D eigenvalue weighted by Gasteiger charge is -2.35. The molecule has 6 atom stereocenters. The number of rotatable bonds is 13. The van der Waals surface area contributed by atoms with E-state index in [1.807, 2.05) is 20.8 Å². The van der Waals surface area contributed by atoms with Gasteiger partial charge in [-0.2, -0.15) is 8.62 Å². The average molecular weight is 687 g/mol. The number of aliphatic hydroxyl groups excluding tert-OH is 1. The van der Waals surface area contributed by atoms with Crippen molar-refractivity contribution in [1.82, 2.24) is 10.2 Å². The first-order valence-corrected chi connectivity index (χ1v) is 17.1. The number of ether oxygens (including phenoxy) is 2. The lowest BCUT2D eigenvalue weighted by atomic mass is 9.84. The van der Waals surface area contributed by atoms with E-state index in [0.717, 1.165) is 0 Å². The smallest absolute Gasteiger partial charge is 0.390 e. The topological polar surface area (TPSA) is 274 Å². The molecule has 246 valence electrons. The van der Waals surface area contributed by atoms with Gasteiger partial charge in [-0.05, 0) is 11.5 Å². The van der Waals surface area contributed by atoms with Gasteiger partial charge in [0.25, 0.3) is 11.6 Å². The van der Waals surface area contributed by atoms with Gasteiger partial charge in [-0.25, -0.2) is 13.7 Å². The largest absolute Gasteiger partial charge is 0.490 e. The molecular formula is C22H32N3O16P3. The van der Waals surface area contributed by atoms with Crippen LogP contribution in [0.25, 0.3) is 0 Å². The molecule has 2 aliphatic heterocycles. The molecule has 0 saturated carbocycles. The monoisotopic (exact) mass is 687 g/mol. The molecule has 0 bridgehead atoms. The maximum absolute atomic E-state index is 12.7. The quantitative estimate of drug-likeness (QED) is 0.0986. The Labute approximate surface area is 250 Å². The number of phosphoric acid groups is 3. The highest BCUT2D eigenvalue weighted by atomic mass is 31.3. The molecule has 6 N–H and O–H groups in total. The normalized spacial score (nSPS) is 24.7. The number of carbonyl (C=O) groups excluding carboxylic acids is 1. The molecule has 0 spiro atoms. The predicted octanol–water partition coefficient (Wildman–Crippen LogP) is 2.30. The SMILES string of the molecule is C=C1NC(=O)C(COC(c2ccccc2[N+](=O)[O-])C(C)(C)C)=CN1[C@H]1CC(O)[C@@H](COP(=O)(O)OP(=O)(O)OP(=O)(O)O)O1. The Kier molecular flexibility index (Phi) is 11.1. The second-order valence-electron chi connectivity index (χ2n) is 10.7. The van der Waals surface area contributed by atoms with E-state index in [9.17, 15) is 43.5 Å². The molecule has 1 aromatic rings. The van der Waals surface area contributed by atoms with Crippen molar-refractivity contribution in [2.45, 2.75) is 51.7 Å². The molecule has 19 nitrogen and oxygen atoms in total. The Bertz CT molecular complexity index is 1460. The van der Waals surface area contributed by atoms with Crippen molar-refractivity contribution in [3.8, 4) is 0 Å². The average Bonchev–Trinajstić information content (AvgIpc) is 3.21. The second-order valence-corrected chi connectivity index (χ2v) is 15.1. The molecule has 1 saturated heterocycles. The molecule has 4 unspecified atom stereocenters. The molecule has 1 amide bonds. The number of nitrogens with zero attached hydrogens (tertiary/aromatic N) is 2. The molecule has 2 aliphatic rings. The van der Waals surface area contributed by atoms with Crippen LogP contribution >= 0.6 is 23.5 Å². The number of para-hydroxylation sites is 1. The number of phosphoric ester groups is 1. The number of hydrogen-bond donors (Lipinski definition) is 6.